The van der Waals surface area contributed by atoms with E-state index in [9.17, 15) is 0 Å². The number of benzene rings is 19. The van der Waals surface area contributed by atoms with Crippen molar-refractivity contribution in [1.82, 2.24) is 0 Å². The zero-order valence-electron chi connectivity index (χ0n) is 69.3. The Bertz CT molecular complexity index is 6330. The first-order valence-corrected chi connectivity index (χ1v) is 42.5. The fraction of sp³-hybridized carbons (Fsp3) is 0. The lowest BCUT2D eigenvalue weighted by molar-refractivity contribution is 1.26. The summed E-state index contributed by atoms with van der Waals surface area (Å²) in [5.41, 5.74) is 32.9. The Hall–Kier alpha value is -16.6. The van der Waals surface area contributed by atoms with Crippen molar-refractivity contribution in [1.29, 1.82) is 0 Å². The molecule has 125 heavy (non-hydrogen) atoms. The van der Waals surface area contributed by atoms with Crippen LogP contribution in [-0.4, -0.2) is 0 Å². The second-order valence-electron chi connectivity index (χ2n) is 30.5. The van der Waals surface area contributed by atoms with E-state index in [1.807, 2.05) is 6.07 Å². The van der Waals surface area contributed by atoms with Crippen molar-refractivity contribution in [3.05, 3.63) is 572 Å². The van der Waals surface area contributed by atoms with E-state index >= 15 is 0 Å². The molecule has 19 rings (SSSR count). The Kier molecular flexibility index (Phi) is 24.9. The van der Waals surface area contributed by atoms with Crippen LogP contribution in [0.5, 0.6) is 0 Å². The average molecular weight is 1600 g/mol. The highest BCUT2D eigenvalue weighted by molar-refractivity contribution is 5.94. The summed E-state index contributed by atoms with van der Waals surface area (Å²) in [7, 11) is 0. The molecule has 0 bridgehead atoms. The van der Waals surface area contributed by atoms with Gasteiger partial charge in [0.25, 0.3) is 0 Å². The van der Waals surface area contributed by atoms with Gasteiger partial charge in [-0.25, -0.2) is 0 Å². The summed E-state index contributed by atoms with van der Waals surface area (Å²) in [4.78, 5) is 11.5. The molecule has 0 heterocycles. The van der Waals surface area contributed by atoms with Crippen molar-refractivity contribution in [3.8, 4) is 22.3 Å². The topological polar surface area (TPSA) is 16.2 Å². The molecule has 596 valence electrons. The van der Waals surface area contributed by atoms with Gasteiger partial charge in [0, 0.05) is 85.3 Å². The molecular weight excluding hydrogens is 1510 g/mol. The first-order chi connectivity index (χ1) is 62.0. The lowest BCUT2D eigenvalue weighted by Crippen LogP contribution is -2.12. The molecule has 0 aliphatic carbocycles. The Morgan fingerprint density at radius 2 is 0.256 bits per heavy atom. The molecule has 0 saturated heterocycles. The van der Waals surface area contributed by atoms with Crippen LogP contribution in [-0.2, 0) is 0 Å². The van der Waals surface area contributed by atoms with Crippen molar-refractivity contribution < 1.29 is 0 Å². The fourth-order valence-corrected chi connectivity index (χ4v) is 16.1. The molecule has 0 unspecified atom stereocenters. The first-order valence-electron chi connectivity index (χ1n) is 42.5. The largest absolute Gasteiger partial charge is 0.311 e. The second kappa shape index (κ2) is 39.1. The molecule has 0 amide bonds. The molecule has 5 heteroatoms. The third-order valence-corrected chi connectivity index (χ3v) is 22.3. The highest BCUT2D eigenvalue weighted by Gasteiger charge is 2.21. The number of anilines is 15. The highest BCUT2D eigenvalue weighted by Crippen LogP contribution is 2.44. The molecule has 0 radical (unpaired) electrons. The van der Waals surface area contributed by atoms with Crippen LogP contribution in [0.4, 0.5) is 85.3 Å². The molecule has 0 N–H and O–H groups in total. The van der Waals surface area contributed by atoms with Crippen LogP contribution < -0.4 is 24.5 Å². The Balaban J connectivity index is 0.000000171. The van der Waals surface area contributed by atoms with Crippen LogP contribution in [0, 0.1) is 0 Å². The molecule has 0 aromatic heterocycles. The molecule has 19 aromatic rings. The molecule has 19 aromatic carbocycles. The summed E-state index contributed by atoms with van der Waals surface area (Å²) in [6, 6.07) is 187. The minimum Gasteiger partial charge on any atom is -0.311 e. The summed E-state index contributed by atoms with van der Waals surface area (Å²) < 4.78 is 0. The third-order valence-electron chi connectivity index (χ3n) is 22.3. The molecular formula is C120H91N5. The minimum absolute atomic E-state index is 1.08. The Morgan fingerprint density at radius 3 is 0.448 bits per heavy atom. The molecule has 0 fully saturated rings. The second-order valence-corrected chi connectivity index (χ2v) is 30.5. The van der Waals surface area contributed by atoms with Gasteiger partial charge < -0.3 is 24.5 Å². The smallest absolute Gasteiger partial charge is 0.0463 e. The number of nitrogens with zero attached hydrogens (tertiary/aromatic N) is 5. The maximum Gasteiger partial charge on any atom is 0.0463 e. The van der Waals surface area contributed by atoms with Crippen LogP contribution in [0.3, 0.4) is 0 Å². The van der Waals surface area contributed by atoms with Crippen LogP contribution in [0.2, 0.25) is 0 Å². The van der Waals surface area contributed by atoms with Gasteiger partial charge in [0.15, 0.2) is 0 Å². The monoisotopic (exact) mass is 1600 g/mol. The van der Waals surface area contributed by atoms with Gasteiger partial charge in [0.1, 0.15) is 0 Å². The predicted molar refractivity (Wildman–Crippen MR) is 532 cm³/mol. The Labute approximate surface area is 734 Å². The SMILES string of the molecule is C(=C(c1ccccc1)c1ccccc1)c1ccc(N(c2ccccc2)c2ccc(-c3ccc(N(c4ccccc4)c4ccc(C=C(c5ccccc5)c5ccccc5)cc4)cc3)cc2)cc1.C(=Cc1ccc(N(c2ccccc2)c2ccc(-c3ccc(N(c4ccccc4)c4ccc(N(c5ccccc5)c5ccccc5)cc4)cc3)cc2)cc1)c1ccccc1. The number of hydrogen-bond acceptors (Lipinski definition) is 5. The third kappa shape index (κ3) is 19.3. The number of rotatable bonds is 25. The van der Waals surface area contributed by atoms with Gasteiger partial charge >= 0.3 is 0 Å². The summed E-state index contributed by atoms with van der Waals surface area (Å²) in [5, 5.41) is 0. The van der Waals surface area contributed by atoms with Crippen LogP contribution >= 0.6 is 0 Å². The highest BCUT2D eigenvalue weighted by atomic mass is 15.2. The van der Waals surface area contributed by atoms with E-state index in [4.69, 9.17) is 0 Å². The zero-order valence-corrected chi connectivity index (χ0v) is 69.3. The molecule has 0 spiro atoms. The molecule has 0 saturated carbocycles. The number of hydrogen-bond donors (Lipinski definition) is 0. The van der Waals surface area contributed by atoms with E-state index in [-0.39, 0.29) is 0 Å². The van der Waals surface area contributed by atoms with Gasteiger partial charge in [-0.15, -0.1) is 0 Å². The van der Waals surface area contributed by atoms with Crippen molar-refractivity contribution >= 4 is 121 Å². The van der Waals surface area contributed by atoms with Gasteiger partial charge in [-0.1, -0.05) is 358 Å². The van der Waals surface area contributed by atoms with Crippen molar-refractivity contribution in [3.63, 3.8) is 0 Å². The van der Waals surface area contributed by atoms with Gasteiger partial charge in [-0.05, 0) is 272 Å². The van der Waals surface area contributed by atoms with Crippen molar-refractivity contribution in [2.75, 3.05) is 24.5 Å². The van der Waals surface area contributed by atoms with E-state index in [0.29, 0.717) is 0 Å². The van der Waals surface area contributed by atoms with Crippen molar-refractivity contribution in [2.45, 2.75) is 0 Å². The molecule has 0 aliphatic rings. The predicted octanol–water partition coefficient (Wildman–Crippen LogP) is 33.4. The van der Waals surface area contributed by atoms with Gasteiger partial charge in [0.2, 0.25) is 0 Å². The van der Waals surface area contributed by atoms with E-state index in [1.54, 1.807) is 0 Å². The van der Waals surface area contributed by atoms with E-state index in [2.05, 4.69) is 571 Å². The van der Waals surface area contributed by atoms with Gasteiger partial charge in [-0.3, -0.25) is 0 Å². The van der Waals surface area contributed by atoms with Crippen LogP contribution in [0.1, 0.15) is 44.5 Å². The van der Waals surface area contributed by atoms with E-state index < -0.39 is 0 Å². The summed E-state index contributed by atoms with van der Waals surface area (Å²) in [6.07, 6.45) is 8.87. The minimum atomic E-state index is 1.08. The molecule has 0 aliphatic heterocycles. The first kappa shape index (κ1) is 79.5. The lowest BCUT2D eigenvalue weighted by Gasteiger charge is -2.28. The zero-order chi connectivity index (χ0) is 84.0. The van der Waals surface area contributed by atoms with Gasteiger partial charge in [0.05, 0.1) is 0 Å². The summed E-state index contributed by atoms with van der Waals surface area (Å²) in [5.74, 6) is 0. The standard InChI is InChI=1S/C64H48N2.C56H43N3/c1-7-19-53(20-8-1)63(54-21-9-2-10-22-54)47-49-31-39-59(40-32-49)65(57-27-15-5-16-28-57)61-43-35-51(36-44-61)52-37-45-62(46-38-52)66(58-29-17-6-18-30-58)60-41-33-50(34-42-60)48-64(55-23-11-3-12-24-55)56-25-13-4-14-26-56;1-6-16-44(17-7-1)26-27-45-28-34-52(35-29-45)58(50-22-12-4-13-23-50)53-36-30-46(31-37-53)47-32-38-54(39-33-47)59(51-24-14-5-15-25-51)56-42-40-55(41-43-56)57(48-18-8-2-9-19-48)49-20-10-3-11-21-49/h1-48H;1-43H. The number of para-hydroxylation sites is 6. The lowest BCUT2D eigenvalue weighted by atomic mass is 9.95. The van der Waals surface area contributed by atoms with Crippen molar-refractivity contribution in [2.24, 2.45) is 0 Å². The van der Waals surface area contributed by atoms with Crippen LogP contribution in [0.15, 0.2) is 528 Å². The maximum absolute atomic E-state index is 2.32. The van der Waals surface area contributed by atoms with E-state index in [1.165, 1.54) is 39.0 Å². The average Bonchev–Trinajstić information content (AvgIpc) is 0.788. The summed E-state index contributed by atoms with van der Waals surface area (Å²) >= 11 is 0. The van der Waals surface area contributed by atoms with E-state index in [0.717, 1.165) is 124 Å². The molecule has 5 nitrogen and oxygen atoms in total. The summed E-state index contributed by atoms with van der Waals surface area (Å²) in [6.45, 7) is 0. The Morgan fingerprint density at radius 1 is 0.120 bits per heavy atom. The fourth-order valence-electron chi connectivity index (χ4n) is 16.1. The normalized spacial score (nSPS) is 10.8. The quantitative estimate of drug-likeness (QED) is 0.0529. The van der Waals surface area contributed by atoms with Gasteiger partial charge in [-0.2, -0.15) is 0 Å². The maximum atomic E-state index is 2.32. The molecule has 0 atom stereocenters. The van der Waals surface area contributed by atoms with Crippen LogP contribution in [0.25, 0.3) is 57.7 Å².